The van der Waals surface area contributed by atoms with E-state index in [1.165, 1.54) is 5.56 Å². The van der Waals surface area contributed by atoms with E-state index in [0.717, 1.165) is 29.6 Å². The molecule has 0 unspecified atom stereocenters. The molecule has 0 spiro atoms. The minimum absolute atomic E-state index is 0.153. The molecule has 1 aliphatic rings. The second-order valence-electron chi connectivity index (χ2n) is 6.98. The molecular formula is C22H23N3O. The first-order valence-corrected chi connectivity index (χ1v) is 9.11. The number of pyridine rings is 1. The van der Waals surface area contributed by atoms with Crippen LogP contribution in [0.4, 0.5) is 0 Å². The summed E-state index contributed by atoms with van der Waals surface area (Å²) in [6.07, 6.45) is 2.16. The minimum Gasteiger partial charge on any atom is -0.341 e. The number of hydrogen-bond donors (Lipinski definition) is 1. The lowest BCUT2D eigenvalue weighted by Gasteiger charge is -2.17. The number of para-hydroxylation sites is 1. The highest BCUT2D eigenvalue weighted by Crippen LogP contribution is 2.32. The van der Waals surface area contributed by atoms with Crippen molar-refractivity contribution in [2.45, 2.75) is 12.3 Å². The van der Waals surface area contributed by atoms with Crippen LogP contribution < -0.4 is 5.73 Å². The number of benzene rings is 2. The largest absolute Gasteiger partial charge is 0.341 e. The molecule has 132 valence electrons. The third kappa shape index (κ3) is 3.20. The maximum atomic E-state index is 13.0. The summed E-state index contributed by atoms with van der Waals surface area (Å²) in [6.45, 7) is 2.06. The van der Waals surface area contributed by atoms with Crippen molar-refractivity contribution in [3.8, 4) is 0 Å². The number of amides is 1. The van der Waals surface area contributed by atoms with Crippen molar-refractivity contribution in [1.29, 1.82) is 0 Å². The summed E-state index contributed by atoms with van der Waals surface area (Å²) in [5.74, 6) is 0.780. The molecule has 0 saturated carbocycles. The highest BCUT2D eigenvalue weighted by Gasteiger charge is 2.35. The van der Waals surface area contributed by atoms with Crippen LogP contribution in [-0.4, -0.2) is 35.4 Å². The van der Waals surface area contributed by atoms with Gasteiger partial charge in [0.05, 0.1) is 11.9 Å². The lowest BCUT2D eigenvalue weighted by atomic mass is 9.89. The molecule has 0 radical (unpaired) electrons. The van der Waals surface area contributed by atoms with Crippen molar-refractivity contribution < 1.29 is 4.79 Å². The SMILES string of the molecule is NC[C@@H]1CN(C(=O)Cc2cccc3cccnc23)C[C@H]1c1ccccc1. The van der Waals surface area contributed by atoms with Gasteiger partial charge in [0.25, 0.3) is 0 Å². The zero-order valence-corrected chi connectivity index (χ0v) is 14.7. The quantitative estimate of drug-likeness (QED) is 0.791. The molecule has 1 aromatic heterocycles. The van der Waals surface area contributed by atoms with Crippen LogP contribution in [0.15, 0.2) is 66.9 Å². The number of likely N-dealkylation sites (tertiary alicyclic amines) is 1. The lowest BCUT2D eigenvalue weighted by Crippen LogP contribution is -2.31. The summed E-state index contributed by atoms with van der Waals surface area (Å²) < 4.78 is 0. The van der Waals surface area contributed by atoms with Gasteiger partial charge in [-0.2, -0.15) is 0 Å². The Morgan fingerprint density at radius 3 is 2.65 bits per heavy atom. The summed E-state index contributed by atoms with van der Waals surface area (Å²) in [4.78, 5) is 19.4. The minimum atomic E-state index is 0.153. The molecule has 4 rings (SSSR count). The molecule has 2 aromatic carbocycles. The predicted molar refractivity (Wildman–Crippen MR) is 104 cm³/mol. The Morgan fingerprint density at radius 1 is 1.04 bits per heavy atom. The summed E-state index contributed by atoms with van der Waals surface area (Å²) in [5.41, 5.74) is 9.17. The highest BCUT2D eigenvalue weighted by molar-refractivity contribution is 5.87. The lowest BCUT2D eigenvalue weighted by molar-refractivity contribution is -0.129. The van der Waals surface area contributed by atoms with E-state index in [-0.39, 0.29) is 5.91 Å². The number of aromatic nitrogens is 1. The molecule has 4 heteroatoms. The Balaban J connectivity index is 1.53. The molecule has 1 amide bonds. The first kappa shape index (κ1) is 16.7. The normalized spacial score (nSPS) is 19.8. The Kier molecular flexibility index (Phi) is 4.67. The molecule has 2 N–H and O–H groups in total. The van der Waals surface area contributed by atoms with Crippen molar-refractivity contribution in [1.82, 2.24) is 9.88 Å². The van der Waals surface area contributed by atoms with Crippen LogP contribution >= 0.6 is 0 Å². The average Bonchev–Trinajstić information content (AvgIpc) is 3.14. The average molecular weight is 345 g/mol. The maximum Gasteiger partial charge on any atom is 0.227 e. The van der Waals surface area contributed by atoms with Gasteiger partial charge in [-0.15, -0.1) is 0 Å². The van der Waals surface area contributed by atoms with Crippen molar-refractivity contribution in [3.05, 3.63) is 78.0 Å². The molecule has 3 aromatic rings. The topological polar surface area (TPSA) is 59.2 Å². The first-order chi connectivity index (χ1) is 12.8. The molecule has 0 bridgehead atoms. The fraction of sp³-hybridized carbons (Fsp3) is 0.273. The Hall–Kier alpha value is -2.72. The smallest absolute Gasteiger partial charge is 0.227 e. The van der Waals surface area contributed by atoms with E-state index in [1.807, 2.05) is 41.3 Å². The number of nitrogens with two attached hydrogens (primary N) is 1. The molecule has 2 atom stereocenters. The van der Waals surface area contributed by atoms with Crippen molar-refractivity contribution in [3.63, 3.8) is 0 Å². The van der Waals surface area contributed by atoms with E-state index in [0.29, 0.717) is 24.8 Å². The second kappa shape index (κ2) is 7.26. The van der Waals surface area contributed by atoms with Crippen LogP contribution in [0.3, 0.4) is 0 Å². The Labute approximate surface area is 153 Å². The standard InChI is InChI=1S/C22H23N3O/c23-13-19-14-25(15-20(19)16-6-2-1-3-7-16)21(26)12-18-9-4-8-17-10-5-11-24-22(17)18/h1-11,19-20H,12-15,23H2/t19-,20+/m1/s1. The van der Waals surface area contributed by atoms with Gasteiger partial charge >= 0.3 is 0 Å². The molecule has 4 nitrogen and oxygen atoms in total. The Morgan fingerprint density at radius 2 is 1.85 bits per heavy atom. The van der Waals surface area contributed by atoms with Crippen molar-refractivity contribution in [2.24, 2.45) is 11.7 Å². The van der Waals surface area contributed by atoms with E-state index in [9.17, 15) is 4.79 Å². The second-order valence-corrected chi connectivity index (χ2v) is 6.98. The van der Waals surface area contributed by atoms with Gasteiger partial charge in [0.15, 0.2) is 0 Å². The van der Waals surface area contributed by atoms with Crippen LogP contribution in [-0.2, 0) is 11.2 Å². The molecule has 26 heavy (non-hydrogen) atoms. The third-order valence-corrected chi connectivity index (χ3v) is 5.38. The van der Waals surface area contributed by atoms with Crippen LogP contribution in [0.2, 0.25) is 0 Å². The van der Waals surface area contributed by atoms with Crippen LogP contribution in [0.25, 0.3) is 10.9 Å². The molecule has 1 fully saturated rings. The number of nitrogens with zero attached hydrogens (tertiary/aromatic N) is 2. The fourth-order valence-electron chi connectivity index (χ4n) is 3.98. The van der Waals surface area contributed by atoms with Crippen LogP contribution in [0.1, 0.15) is 17.0 Å². The van der Waals surface area contributed by atoms with E-state index >= 15 is 0 Å². The van der Waals surface area contributed by atoms with Crippen LogP contribution in [0, 0.1) is 5.92 Å². The summed E-state index contributed by atoms with van der Waals surface area (Å²) >= 11 is 0. The van der Waals surface area contributed by atoms with Gasteiger partial charge < -0.3 is 10.6 Å². The molecule has 0 aliphatic carbocycles. The highest BCUT2D eigenvalue weighted by atomic mass is 16.2. The zero-order valence-electron chi connectivity index (χ0n) is 14.7. The van der Waals surface area contributed by atoms with Gasteiger partial charge in [0.1, 0.15) is 0 Å². The van der Waals surface area contributed by atoms with Crippen molar-refractivity contribution in [2.75, 3.05) is 19.6 Å². The maximum absolute atomic E-state index is 13.0. The molecular weight excluding hydrogens is 322 g/mol. The number of fused-ring (bicyclic) bond motifs is 1. The van der Waals surface area contributed by atoms with Gasteiger partial charge in [-0.05, 0) is 29.7 Å². The van der Waals surface area contributed by atoms with E-state index in [4.69, 9.17) is 5.73 Å². The molecule has 1 saturated heterocycles. The number of carbonyl (C=O) groups excluding carboxylic acids is 1. The summed E-state index contributed by atoms with van der Waals surface area (Å²) in [6, 6.07) is 20.4. The number of carbonyl (C=O) groups is 1. The third-order valence-electron chi connectivity index (χ3n) is 5.38. The summed E-state index contributed by atoms with van der Waals surface area (Å²) in [7, 11) is 0. The monoisotopic (exact) mass is 345 g/mol. The zero-order chi connectivity index (χ0) is 17.9. The first-order valence-electron chi connectivity index (χ1n) is 9.11. The predicted octanol–water partition coefficient (Wildman–Crippen LogP) is 2.98. The van der Waals surface area contributed by atoms with Gasteiger partial charge in [0, 0.05) is 30.6 Å². The van der Waals surface area contributed by atoms with E-state index < -0.39 is 0 Å². The fourth-order valence-corrected chi connectivity index (χ4v) is 3.98. The van der Waals surface area contributed by atoms with Gasteiger partial charge in [-0.25, -0.2) is 0 Å². The molecule has 1 aliphatic heterocycles. The van der Waals surface area contributed by atoms with Crippen molar-refractivity contribution >= 4 is 16.8 Å². The van der Waals surface area contributed by atoms with E-state index in [1.54, 1.807) is 6.20 Å². The van der Waals surface area contributed by atoms with Crippen LogP contribution in [0.5, 0.6) is 0 Å². The Bertz CT molecular complexity index is 904. The van der Waals surface area contributed by atoms with E-state index in [2.05, 4.69) is 29.2 Å². The summed E-state index contributed by atoms with van der Waals surface area (Å²) in [5, 5.41) is 1.07. The van der Waals surface area contributed by atoms with Gasteiger partial charge in [0.2, 0.25) is 5.91 Å². The van der Waals surface area contributed by atoms with Gasteiger partial charge in [-0.3, -0.25) is 9.78 Å². The molecule has 2 heterocycles. The number of hydrogen-bond acceptors (Lipinski definition) is 3. The van der Waals surface area contributed by atoms with Gasteiger partial charge in [-0.1, -0.05) is 54.6 Å². The number of rotatable bonds is 4.